The molecule has 1 saturated heterocycles. The molecule has 3 nitrogen and oxygen atoms in total. The Morgan fingerprint density at radius 2 is 2.00 bits per heavy atom. The number of carbonyl (C=O) groups excluding carboxylic acids is 1. The highest BCUT2D eigenvalue weighted by atomic mass is 16.5. The Morgan fingerprint density at radius 1 is 1.45 bits per heavy atom. The third-order valence-corrected chi connectivity index (χ3v) is 1.32. The van der Waals surface area contributed by atoms with Crippen LogP contribution in [0, 0.1) is 0 Å². The molecule has 0 bridgehead atoms. The average molecular weight is 159 g/mol. The van der Waals surface area contributed by atoms with Crippen LogP contribution >= 0.6 is 0 Å². The van der Waals surface area contributed by atoms with Gasteiger partial charge < -0.3 is 10.5 Å². The van der Waals surface area contributed by atoms with Crippen molar-refractivity contribution < 1.29 is 9.53 Å². The second-order valence-electron chi connectivity index (χ2n) is 2.54. The molecule has 1 heterocycles. The van der Waals surface area contributed by atoms with E-state index in [0.717, 1.165) is 19.6 Å². The minimum absolute atomic E-state index is 0.211. The van der Waals surface area contributed by atoms with Crippen molar-refractivity contribution in [2.45, 2.75) is 32.6 Å². The van der Waals surface area contributed by atoms with Gasteiger partial charge in [0.15, 0.2) is 0 Å². The number of primary amides is 1. The third kappa shape index (κ3) is 9.43. The fraction of sp³-hybridized carbons (Fsp3) is 0.875. The molecule has 1 fully saturated rings. The van der Waals surface area contributed by atoms with Gasteiger partial charge in [0, 0.05) is 19.6 Å². The number of rotatable bonds is 2. The molecule has 0 aromatic heterocycles. The van der Waals surface area contributed by atoms with Crippen molar-refractivity contribution in [2.75, 3.05) is 13.2 Å². The monoisotopic (exact) mass is 159 g/mol. The van der Waals surface area contributed by atoms with Gasteiger partial charge in [-0.3, -0.25) is 4.79 Å². The van der Waals surface area contributed by atoms with E-state index in [1.54, 1.807) is 0 Å². The molecule has 0 aromatic carbocycles. The molecular formula is C8H17NO2. The van der Waals surface area contributed by atoms with Gasteiger partial charge in [-0.05, 0) is 19.3 Å². The van der Waals surface area contributed by atoms with Crippen molar-refractivity contribution in [3.05, 3.63) is 0 Å². The fourth-order valence-corrected chi connectivity index (χ4v) is 0.757. The predicted molar refractivity (Wildman–Crippen MR) is 44.2 cm³/mol. The Bertz CT molecular complexity index is 92.7. The van der Waals surface area contributed by atoms with Gasteiger partial charge in [-0.15, -0.1) is 0 Å². The third-order valence-electron chi connectivity index (χ3n) is 1.32. The highest BCUT2D eigenvalue weighted by molar-refractivity contribution is 5.73. The molecule has 1 rings (SSSR count). The second kappa shape index (κ2) is 7.54. The predicted octanol–water partition coefficient (Wildman–Crippen LogP) is 1.07. The van der Waals surface area contributed by atoms with Crippen LogP contribution in [0.1, 0.15) is 32.6 Å². The number of hydrogen-bond donors (Lipinski definition) is 1. The summed E-state index contributed by atoms with van der Waals surface area (Å²) in [6.07, 6.45) is 3.93. The summed E-state index contributed by atoms with van der Waals surface area (Å²) in [4.78, 5) is 9.82. The lowest BCUT2D eigenvalue weighted by atomic mass is 10.3. The van der Waals surface area contributed by atoms with E-state index in [4.69, 9.17) is 10.5 Å². The van der Waals surface area contributed by atoms with Crippen molar-refractivity contribution in [3.8, 4) is 0 Å². The highest BCUT2D eigenvalue weighted by Crippen LogP contribution is 1.98. The molecular weight excluding hydrogens is 142 g/mol. The van der Waals surface area contributed by atoms with Gasteiger partial charge in [0.05, 0.1) is 0 Å². The minimum atomic E-state index is -0.211. The van der Waals surface area contributed by atoms with Gasteiger partial charge in [0.25, 0.3) is 0 Å². The van der Waals surface area contributed by atoms with E-state index in [0.29, 0.717) is 6.42 Å². The molecule has 0 aromatic rings. The molecule has 0 saturated carbocycles. The maximum atomic E-state index is 9.82. The standard InChI is InChI=1S/C4H9NO.C4H8O/c1-2-3-4(5)6;1-2-4-5-3-1/h2-3H2,1H3,(H2,5,6);1-4H2. The summed E-state index contributed by atoms with van der Waals surface area (Å²) >= 11 is 0. The maximum absolute atomic E-state index is 9.82. The lowest BCUT2D eigenvalue weighted by Crippen LogP contribution is -2.08. The molecule has 2 N–H and O–H groups in total. The first kappa shape index (κ1) is 10.4. The fourth-order valence-electron chi connectivity index (χ4n) is 0.757. The molecule has 0 spiro atoms. The summed E-state index contributed by atoms with van der Waals surface area (Å²) in [6.45, 7) is 3.92. The van der Waals surface area contributed by atoms with Crippen LogP contribution in [0.15, 0.2) is 0 Å². The van der Waals surface area contributed by atoms with E-state index in [2.05, 4.69) is 0 Å². The van der Waals surface area contributed by atoms with Gasteiger partial charge >= 0.3 is 0 Å². The van der Waals surface area contributed by atoms with Crippen molar-refractivity contribution in [1.82, 2.24) is 0 Å². The van der Waals surface area contributed by atoms with E-state index in [9.17, 15) is 4.79 Å². The van der Waals surface area contributed by atoms with Crippen LogP contribution in [-0.4, -0.2) is 19.1 Å². The van der Waals surface area contributed by atoms with Gasteiger partial charge in [-0.25, -0.2) is 0 Å². The topological polar surface area (TPSA) is 52.3 Å². The number of carbonyl (C=O) groups is 1. The molecule has 0 aliphatic carbocycles. The number of ether oxygens (including phenoxy) is 1. The van der Waals surface area contributed by atoms with Crippen LogP contribution in [0.5, 0.6) is 0 Å². The first-order valence-corrected chi connectivity index (χ1v) is 4.13. The Hall–Kier alpha value is -0.570. The highest BCUT2D eigenvalue weighted by Gasteiger charge is 1.94. The van der Waals surface area contributed by atoms with Crippen LogP contribution < -0.4 is 5.73 Å². The van der Waals surface area contributed by atoms with Crippen molar-refractivity contribution in [2.24, 2.45) is 5.73 Å². The molecule has 1 aliphatic rings. The second-order valence-corrected chi connectivity index (χ2v) is 2.54. The quantitative estimate of drug-likeness (QED) is 0.655. The summed E-state index contributed by atoms with van der Waals surface area (Å²) in [5.74, 6) is -0.211. The zero-order chi connectivity index (χ0) is 8.53. The molecule has 1 aliphatic heterocycles. The molecule has 3 heteroatoms. The summed E-state index contributed by atoms with van der Waals surface area (Å²) in [5.41, 5.74) is 4.76. The van der Waals surface area contributed by atoms with Crippen molar-refractivity contribution >= 4 is 5.91 Å². The van der Waals surface area contributed by atoms with Crippen molar-refractivity contribution in [1.29, 1.82) is 0 Å². The smallest absolute Gasteiger partial charge is 0.217 e. The van der Waals surface area contributed by atoms with Crippen LogP contribution in [0.2, 0.25) is 0 Å². The number of hydrogen-bond acceptors (Lipinski definition) is 2. The van der Waals surface area contributed by atoms with Crippen LogP contribution in [0.4, 0.5) is 0 Å². The minimum Gasteiger partial charge on any atom is -0.381 e. The lowest BCUT2D eigenvalue weighted by molar-refractivity contribution is -0.118. The molecule has 0 atom stereocenters. The van der Waals surface area contributed by atoms with E-state index < -0.39 is 0 Å². The Balaban J connectivity index is 0.000000183. The van der Waals surface area contributed by atoms with Gasteiger partial charge in [0.1, 0.15) is 0 Å². The van der Waals surface area contributed by atoms with Crippen LogP contribution in [0.3, 0.4) is 0 Å². The number of nitrogens with two attached hydrogens (primary N) is 1. The van der Waals surface area contributed by atoms with E-state index in [-0.39, 0.29) is 5.91 Å². The van der Waals surface area contributed by atoms with E-state index >= 15 is 0 Å². The number of amides is 1. The normalized spacial score (nSPS) is 15.4. The summed E-state index contributed by atoms with van der Waals surface area (Å²) in [6, 6.07) is 0. The van der Waals surface area contributed by atoms with E-state index in [1.807, 2.05) is 6.92 Å². The van der Waals surface area contributed by atoms with Crippen molar-refractivity contribution in [3.63, 3.8) is 0 Å². The zero-order valence-corrected chi connectivity index (χ0v) is 7.14. The Kier molecular flexibility index (Phi) is 7.15. The Morgan fingerprint density at radius 3 is 2.09 bits per heavy atom. The van der Waals surface area contributed by atoms with Crippen LogP contribution in [0.25, 0.3) is 0 Å². The summed E-state index contributed by atoms with van der Waals surface area (Å²) < 4.78 is 4.94. The molecule has 66 valence electrons. The SMILES string of the molecule is C1CCOC1.CCCC(N)=O. The maximum Gasteiger partial charge on any atom is 0.217 e. The van der Waals surface area contributed by atoms with Gasteiger partial charge in [-0.1, -0.05) is 6.92 Å². The first-order valence-electron chi connectivity index (χ1n) is 4.13. The van der Waals surface area contributed by atoms with Gasteiger partial charge in [0.2, 0.25) is 5.91 Å². The Labute approximate surface area is 67.9 Å². The summed E-state index contributed by atoms with van der Waals surface area (Å²) in [5, 5.41) is 0. The largest absolute Gasteiger partial charge is 0.381 e. The van der Waals surface area contributed by atoms with Crippen LogP contribution in [-0.2, 0) is 9.53 Å². The molecule has 11 heavy (non-hydrogen) atoms. The molecule has 1 amide bonds. The lowest BCUT2D eigenvalue weighted by Gasteiger charge is -1.81. The zero-order valence-electron chi connectivity index (χ0n) is 7.14. The molecule has 0 unspecified atom stereocenters. The summed E-state index contributed by atoms with van der Waals surface area (Å²) in [7, 11) is 0. The average Bonchev–Trinajstić information content (AvgIpc) is 2.41. The molecule has 0 radical (unpaired) electrons. The first-order chi connectivity index (χ1) is 5.27. The van der Waals surface area contributed by atoms with E-state index in [1.165, 1.54) is 12.8 Å². The van der Waals surface area contributed by atoms with Gasteiger partial charge in [-0.2, -0.15) is 0 Å².